The summed E-state index contributed by atoms with van der Waals surface area (Å²) < 4.78 is 0. The maximum Gasteiger partial charge on any atom is 0.103 e. The van der Waals surface area contributed by atoms with Crippen molar-refractivity contribution in [2.45, 2.75) is 26.3 Å². The van der Waals surface area contributed by atoms with Crippen LogP contribution in [0.1, 0.15) is 24.4 Å². The molecule has 0 atom stereocenters. The Morgan fingerprint density at radius 1 is 1.47 bits per heavy atom. The van der Waals surface area contributed by atoms with Crippen LogP contribution in [0.15, 0.2) is 6.20 Å². The van der Waals surface area contributed by atoms with Gasteiger partial charge in [-0.15, -0.1) is 0 Å². The van der Waals surface area contributed by atoms with Gasteiger partial charge in [0.05, 0.1) is 0 Å². The van der Waals surface area contributed by atoms with Crippen molar-refractivity contribution in [3.8, 4) is 0 Å². The Kier molecular flexibility index (Phi) is 3.75. The lowest BCUT2D eigenvalue weighted by Crippen LogP contribution is -2.29. The molecule has 1 aliphatic heterocycles. The molecule has 0 aliphatic carbocycles. The number of hydrogen-bond acceptors (Lipinski definition) is 3. The second-order valence-electron chi connectivity index (χ2n) is 4.22. The van der Waals surface area contributed by atoms with Crippen LogP contribution >= 0.6 is 0 Å². The predicted molar refractivity (Wildman–Crippen MR) is 60.7 cm³/mol. The molecule has 0 bridgehead atoms. The van der Waals surface area contributed by atoms with Crippen LogP contribution < -0.4 is 5.32 Å². The predicted octanol–water partition coefficient (Wildman–Crippen LogP) is 0.904. The summed E-state index contributed by atoms with van der Waals surface area (Å²) in [5.41, 5.74) is 1.17. The highest BCUT2D eigenvalue weighted by atomic mass is 15.1. The third-order valence-corrected chi connectivity index (χ3v) is 2.87. The van der Waals surface area contributed by atoms with Gasteiger partial charge in [-0.05, 0) is 32.9 Å². The maximum atomic E-state index is 4.17. The van der Waals surface area contributed by atoms with Gasteiger partial charge in [-0.2, -0.15) is 0 Å². The molecule has 1 saturated heterocycles. The molecule has 2 N–H and O–H groups in total. The summed E-state index contributed by atoms with van der Waals surface area (Å²) in [6.45, 7) is 7.68. The number of imidazole rings is 1. The molecule has 2 heterocycles. The van der Waals surface area contributed by atoms with Gasteiger partial charge < -0.3 is 15.2 Å². The lowest BCUT2D eigenvalue weighted by molar-refractivity contribution is 0.335. The van der Waals surface area contributed by atoms with Gasteiger partial charge in [-0.1, -0.05) is 0 Å². The first-order valence-corrected chi connectivity index (χ1v) is 5.78. The zero-order chi connectivity index (χ0) is 10.5. The minimum atomic E-state index is 0.898. The van der Waals surface area contributed by atoms with Gasteiger partial charge in [-0.3, -0.25) is 0 Å². The Morgan fingerprint density at radius 2 is 2.27 bits per heavy atom. The topological polar surface area (TPSA) is 44.0 Å². The van der Waals surface area contributed by atoms with E-state index in [1.807, 2.05) is 13.1 Å². The van der Waals surface area contributed by atoms with Gasteiger partial charge in [0, 0.05) is 31.5 Å². The van der Waals surface area contributed by atoms with E-state index in [4.69, 9.17) is 0 Å². The molecule has 1 aliphatic rings. The van der Waals surface area contributed by atoms with Crippen LogP contribution in [0.4, 0.5) is 0 Å². The molecule has 1 aromatic rings. The summed E-state index contributed by atoms with van der Waals surface area (Å²) in [7, 11) is 0. The van der Waals surface area contributed by atoms with Crippen molar-refractivity contribution in [3.63, 3.8) is 0 Å². The average Bonchev–Trinajstić information content (AvgIpc) is 2.84. The Labute approximate surface area is 91.1 Å². The van der Waals surface area contributed by atoms with E-state index in [2.05, 4.69) is 20.2 Å². The van der Waals surface area contributed by atoms with E-state index in [1.165, 1.54) is 38.2 Å². The summed E-state index contributed by atoms with van der Waals surface area (Å²) in [6.07, 6.45) is 4.65. The van der Waals surface area contributed by atoms with Crippen molar-refractivity contribution < 1.29 is 0 Å². The van der Waals surface area contributed by atoms with Gasteiger partial charge in [-0.25, -0.2) is 4.98 Å². The van der Waals surface area contributed by atoms with Crippen LogP contribution in [-0.2, 0) is 6.54 Å². The fourth-order valence-corrected chi connectivity index (χ4v) is 2.03. The molecule has 1 fully saturated rings. The SMILES string of the molecule is Cc1ncc(CNCCN2CCCC2)[nH]1. The first-order valence-electron chi connectivity index (χ1n) is 5.78. The molecule has 0 spiro atoms. The van der Waals surface area contributed by atoms with Crippen LogP contribution in [0.5, 0.6) is 0 Å². The zero-order valence-electron chi connectivity index (χ0n) is 9.42. The van der Waals surface area contributed by atoms with Gasteiger partial charge in [0.1, 0.15) is 5.82 Å². The van der Waals surface area contributed by atoms with Crippen LogP contribution in [0, 0.1) is 6.92 Å². The fourth-order valence-electron chi connectivity index (χ4n) is 2.03. The Hall–Kier alpha value is -0.870. The van der Waals surface area contributed by atoms with Crippen molar-refractivity contribution in [3.05, 3.63) is 17.7 Å². The molecule has 0 saturated carbocycles. The third kappa shape index (κ3) is 3.32. The van der Waals surface area contributed by atoms with E-state index in [1.54, 1.807) is 0 Å². The Bertz CT molecular complexity index is 289. The maximum absolute atomic E-state index is 4.17. The number of likely N-dealkylation sites (tertiary alicyclic amines) is 1. The molecule has 1 aromatic heterocycles. The second-order valence-corrected chi connectivity index (χ2v) is 4.22. The molecule has 0 unspecified atom stereocenters. The zero-order valence-corrected chi connectivity index (χ0v) is 9.42. The molecule has 0 aromatic carbocycles. The molecule has 84 valence electrons. The summed E-state index contributed by atoms with van der Waals surface area (Å²) in [5, 5.41) is 3.43. The van der Waals surface area contributed by atoms with Crippen molar-refractivity contribution in [1.82, 2.24) is 20.2 Å². The van der Waals surface area contributed by atoms with Crippen molar-refractivity contribution in [2.75, 3.05) is 26.2 Å². The molecule has 2 rings (SSSR count). The smallest absolute Gasteiger partial charge is 0.103 e. The first kappa shape index (κ1) is 10.6. The minimum Gasteiger partial charge on any atom is -0.345 e. The number of aromatic amines is 1. The van der Waals surface area contributed by atoms with Gasteiger partial charge in [0.2, 0.25) is 0 Å². The quantitative estimate of drug-likeness (QED) is 0.707. The summed E-state index contributed by atoms with van der Waals surface area (Å²) in [4.78, 5) is 9.90. The van der Waals surface area contributed by atoms with E-state index in [-0.39, 0.29) is 0 Å². The lowest BCUT2D eigenvalue weighted by atomic mass is 10.4. The summed E-state index contributed by atoms with van der Waals surface area (Å²) in [6, 6.07) is 0. The molecule has 4 nitrogen and oxygen atoms in total. The van der Waals surface area contributed by atoms with Crippen LogP contribution in [0.2, 0.25) is 0 Å². The first-order chi connectivity index (χ1) is 7.34. The van der Waals surface area contributed by atoms with E-state index >= 15 is 0 Å². The van der Waals surface area contributed by atoms with Crippen molar-refractivity contribution >= 4 is 0 Å². The van der Waals surface area contributed by atoms with E-state index in [0.29, 0.717) is 0 Å². The monoisotopic (exact) mass is 208 g/mol. The highest BCUT2D eigenvalue weighted by Crippen LogP contribution is 2.05. The Balaban J connectivity index is 1.58. The summed E-state index contributed by atoms with van der Waals surface area (Å²) >= 11 is 0. The molecule has 4 heteroatoms. The van der Waals surface area contributed by atoms with Gasteiger partial charge in [0.15, 0.2) is 0 Å². The van der Waals surface area contributed by atoms with E-state index in [9.17, 15) is 0 Å². The molecular formula is C11H20N4. The van der Waals surface area contributed by atoms with Crippen LogP contribution in [0.3, 0.4) is 0 Å². The number of hydrogen-bond donors (Lipinski definition) is 2. The number of aromatic nitrogens is 2. The summed E-state index contributed by atoms with van der Waals surface area (Å²) in [5.74, 6) is 0.992. The average molecular weight is 208 g/mol. The number of nitrogens with one attached hydrogen (secondary N) is 2. The number of nitrogens with zero attached hydrogens (tertiary/aromatic N) is 2. The molecule has 0 radical (unpaired) electrons. The van der Waals surface area contributed by atoms with E-state index in [0.717, 1.165) is 18.9 Å². The number of H-pyrrole nitrogens is 1. The standard InChI is InChI=1S/C11H20N4/c1-10-13-9-11(14-10)8-12-4-7-15-5-2-3-6-15/h9,12H,2-8H2,1H3,(H,13,14). The second kappa shape index (κ2) is 5.28. The van der Waals surface area contributed by atoms with Gasteiger partial charge >= 0.3 is 0 Å². The van der Waals surface area contributed by atoms with Crippen LogP contribution in [-0.4, -0.2) is 41.0 Å². The highest BCUT2D eigenvalue weighted by molar-refractivity contribution is 4.99. The molecule has 0 amide bonds. The highest BCUT2D eigenvalue weighted by Gasteiger charge is 2.09. The molecule has 15 heavy (non-hydrogen) atoms. The molecular weight excluding hydrogens is 188 g/mol. The van der Waals surface area contributed by atoms with Gasteiger partial charge in [0.25, 0.3) is 0 Å². The normalized spacial score (nSPS) is 17.4. The fraction of sp³-hybridized carbons (Fsp3) is 0.727. The minimum absolute atomic E-state index is 0.898. The lowest BCUT2D eigenvalue weighted by Gasteiger charge is -2.14. The van der Waals surface area contributed by atoms with Crippen molar-refractivity contribution in [1.29, 1.82) is 0 Å². The number of rotatable bonds is 5. The van der Waals surface area contributed by atoms with Crippen LogP contribution in [0.25, 0.3) is 0 Å². The third-order valence-electron chi connectivity index (χ3n) is 2.87. The van der Waals surface area contributed by atoms with E-state index < -0.39 is 0 Å². The largest absolute Gasteiger partial charge is 0.345 e. The van der Waals surface area contributed by atoms with Crippen molar-refractivity contribution in [2.24, 2.45) is 0 Å². The number of aryl methyl sites for hydroxylation is 1. The Morgan fingerprint density at radius 3 is 2.93 bits per heavy atom.